The first-order valence-electron chi connectivity index (χ1n) is 5.47. The second-order valence-corrected chi connectivity index (χ2v) is 3.82. The third-order valence-corrected chi connectivity index (χ3v) is 2.62. The Bertz CT molecular complexity index is 690. The number of anilines is 1. The van der Waals surface area contributed by atoms with E-state index in [1.54, 1.807) is 18.3 Å². The number of hydrogen-bond acceptors (Lipinski definition) is 3. The standard InChI is InChI=1S/C13H10N4O/c18-13(17-12-8-14-5-6-16-12)10-2-1-9-3-4-15-11(9)7-10/h1-8,15H,(H,16,17,18). The Kier molecular flexibility index (Phi) is 2.49. The molecule has 0 unspecified atom stereocenters. The molecule has 2 heterocycles. The predicted octanol–water partition coefficient (Wildman–Crippen LogP) is 2.21. The van der Waals surface area contributed by atoms with Gasteiger partial charge in [0.2, 0.25) is 0 Å². The van der Waals surface area contributed by atoms with Gasteiger partial charge in [-0.15, -0.1) is 0 Å². The lowest BCUT2D eigenvalue weighted by atomic mass is 10.1. The average molecular weight is 238 g/mol. The van der Waals surface area contributed by atoms with Crippen molar-refractivity contribution >= 4 is 22.6 Å². The van der Waals surface area contributed by atoms with Gasteiger partial charge in [0, 0.05) is 29.7 Å². The lowest BCUT2D eigenvalue weighted by Crippen LogP contribution is -2.12. The molecule has 2 aromatic heterocycles. The molecule has 1 aromatic carbocycles. The maximum Gasteiger partial charge on any atom is 0.256 e. The van der Waals surface area contributed by atoms with Crippen LogP contribution in [0.1, 0.15) is 10.4 Å². The van der Waals surface area contributed by atoms with Gasteiger partial charge < -0.3 is 10.3 Å². The van der Waals surface area contributed by atoms with Crippen LogP contribution in [0.2, 0.25) is 0 Å². The SMILES string of the molecule is O=C(Nc1cnccn1)c1ccc2cc[nH]c2c1. The van der Waals surface area contributed by atoms with Crippen LogP contribution in [0, 0.1) is 0 Å². The van der Waals surface area contributed by atoms with Crippen LogP contribution >= 0.6 is 0 Å². The topological polar surface area (TPSA) is 70.7 Å². The molecule has 0 saturated carbocycles. The number of aromatic nitrogens is 3. The third-order valence-electron chi connectivity index (χ3n) is 2.62. The van der Waals surface area contributed by atoms with Crippen molar-refractivity contribution in [3.63, 3.8) is 0 Å². The van der Waals surface area contributed by atoms with E-state index in [2.05, 4.69) is 20.3 Å². The fourth-order valence-corrected chi connectivity index (χ4v) is 1.74. The Morgan fingerprint density at radius 1 is 1.22 bits per heavy atom. The number of carbonyl (C=O) groups is 1. The van der Waals surface area contributed by atoms with Crippen molar-refractivity contribution in [3.8, 4) is 0 Å². The van der Waals surface area contributed by atoms with E-state index in [4.69, 9.17) is 0 Å². The molecule has 0 spiro atoms. The summed E-state index contributed by atoms with van der Waals surface area (Å²) in [5.41, 5.74) is 1.51. The number of amides is 1. The molecular weight excluding hydrogens is 228 g/mol. The largest absolute Gasteiger partial charge is 0.361 e. The van der Waals surface area contributed by atoms with E-state index in [0.29, 0.717) is 11.4 Å². The van der Waals surface area contributed by atoms with E-state index in [1.165, 1.54) is 12.4 Å². The van der Waals surface area contributed by atoms with Crippen molar-refractivity contribution in [1.82, 2.24) is 15.0 Å². The van der Waals surface area contributed by atoms with Gasteiger partial charge in [0.15, 0.2) is 5.82 Å². The summed E-state index contributed by atoms with van der Waals surface area (Å²) in [6, 6.07) is 7.44. The molecule has 3 rings (SSSR count). The number of H-pyrrole nitrogens is 1. The normalized spacial score (nSPS) is 10.4. The van der Waals surface area contributed by atoms with E-state index in [9.17, 15) is 4.79 Å². The zero-order valence-corrected chi connectivity index (χ0v) is 9.42. The molecule has 2 N–H and O–H groups in total. The Morgan fingerprint density at radius 3 is 3.00 bits per heavy atom. The van der Waals surface area contributed by atoms with Crippen molar-refractivity contribution in [3.05, 3.63) is 54.6 Å². The molecule has 0 atom stereocenters. The number of rotatable bonds is 2. The number of benzene rings is 1. The number of aromatic amines is 1. The fraction of sp³-hybridized carbons (Fsp3) is 0. The Hall–Kier alpha value is -2.69. The average Bonchev–Trinajstić information content (AvgIpc) is 2.87. The second-order valence-electron chi connectivity index (χ2n) is 3.82. The zero-order valence-electron chi connectivity index (χ0n) is 9.42. The van der Waals surface area contributed by atoms with Crippen molar-refractivity contribution in [1.29, 1.82) is 0 Å². The molecule has 0 aliphatic carbocycles. The summed E-state index contributed by atoms with van der Waals surface area (Å²) in [4.78, 5) is 22.9. The van der Waals surface area contributed by atoms with Crippen molar-refractivity contribution < 1.29 is 4.79 Å². The summed E-state index contributed by atoms with van der Waals surface area (Å²) < 4.78 is 0. The Morgan fingerprint density at radius 2 is 2.17 bits per heavy atom. The molecule has 88 valence electrons. The quantitative estimate of drug-likeness (QED) is 0.719. The first kappa shape index (κ1) is 10.5. The molecule has 0 radical (unpaired) electrons. The van der Waals surface area contributed by atoms with Crippen LogP contribution in [-0.2, 0) is 0 Å². The molecule has 5 nitrogen and oxygen atoms in total. The minimum Gasteiger partial charge on any atom is -0.361 e. The number of nitrogens with one attached hydrogen (secondary N) is 2. The predicted molar refractivity (Wildman–Crippen MR) is 68.3 cm³/mol. The third kappa shape index (κ3) is 1.93. The Balaban J connectivity index is 1.87. The van der Waals surface area contributed by atoms with Gasteiger partial charge in [-0.25, -0.2) is 4.98 Å². The molecule has 0 aliphatic rings. The highest BCUT2D eigenvalue weighted by atomic mass is 16.1. The van der Waals surface area contributed by atoms with E-state index in [-0.39, 0.29) is 5.91 Å². The van der Waals surface area contributed by atoms with Gasteiger partial charge in [0.1, 0.15) is 0 Å². The van der Waals surface area contributed by atoms with Gasteiger partial charge >= 0.3 is 0 Å². The summed E-state index contributed by atoms with van der Waals surface area (Å²) in [6.07, 6.45) is 6.44. The summed E-state index contributed by atoms with van der Waals surface area (Å²) in [7, 11) is 0. The minimum atomic E-state index is -0.202. The van der Waals surface area contributed by atoms with E-state index < -0.39 is 0 Å². The summed E-state index contributed by atoms with van der Waals surface area (Å²) in [5, 5.41) is 3.76. The minimum absolute atomic E-state index is 0.202. The lowest BCUT2D eigenvalue weighted by molar-refractivity contribution is 0.102. The Labute approximate surface area is 103 Å². The van der Waals surface area contributed by atoms with Crippen LogP contribution < -0.4 is 5.32 Å². The van der Waals surface area contributed by atoms with Gasteiger partial charge in [-0.1, -0.05) is 6.07 Å². The molecule has 1 amide bonds. The van der Waals surface area contributed by atoms with Gasteiger partial charge in [-0.2, -0.15) is 0 Å². The fourth-order valence-electron chi connectivity index (χ4n) is 1.74. The molecule has 0 saturated heterocycles. The summed E-state index contributed by atoms with van der Waals surface area (Å²) in [5.74, 6) is 0.237. The molecule has 3 aromatic rings. The number of fused-ring (bicyclic) bond motifs is 1. The monoisotopic (exact) mass is 238 g/mol. The van der Waals surface area contributed by atoms with E-state index in [1.807, 2.05) is 18.3 Å². The highest BCUT2D eigenvalue weighted by molar-refractivity contribution is 6.05. The number of nitrogens with zero attached hydrogens (tertiary/aromatic N) is 2. The lowest BCUT2D eigenvalue weighted by Gasteiger charge is -2.03. The van der Waals surface area contributed by atoms with Gasteiger partial charge in [-0.3, -0.25) is 9.78 Å². The number of carbonyl (C=O) groups excluding carboxylic acids is 1. The van der Waals surface area contributed by atoms with Crippen LogP contribution in [0.15, 0.2) is 49.1 Å². The maximum atomic E-state index is 12.0. The molecule has 0 bridgehead atoms. The summed E-state index contributed by atoms with van der Waals surface area (Å²) >= 11 is 0. The van der Waals surface area contributed by atoms with Crippen molar-refractivity contribution in [2.75, 3.05) is 5.32 Å². The zero-order chi connectivity index (χ0) is 12.4. The van der Waals surface area contributed by atoms with E-state index in [0.717, 1.165) is 10.9 Å². The molecule has 0 aliphatic heterocycles. The molecule has 0 fully saturated rings. The summed E-state index contributed by atoms with van der Waals surface area (Å²) in [6.45, 7) is 0. The van der Waals surface area contributed by atoms with Crippen molar-refractivity contribution in [2.45, 2.75) is 0 Å². The number of hydrogen-bond donors (Lipinski definition) is 2. The van der Waals surface area contributed by atoms with Gasteiger partial charge in [0.25, 0.3) is 5.91 Å². The van der Waals surface area contributed by atoms with Gasteiger partial charge in [0.05, 0.1) is 6.20 Å². The molecule has 5 heteroatoms. The highest BCUT2D eigenvalue weighted by Crippen LogP contribution is 2.15. The van der Waals surface area contributed by atoms with Gasteiger partial charge in [-0.05, 0) is 23.6 Å². The first-order valence-corrected chi connectivity index (χ1v) is 5.47. The highest BCUT2D eigenvalue weighted by Gasteiger charge is 2.07. The van der Waals surface area contributed by atoms with Crippen LogP contribution in [0.4, 0.5) is 5.82 Å². The van der Waals surface area contributed by atoms with Crippen molar-refractivity contribution in [2.24, 2.45) is 0 Å². The van der Waals surface area contributed by atoms with Crippen LogP contribution in [0.3, 0.4) is 0 Å². The second kappa shape index (κ2) is 4.29. The first-order chi connectivity index (χ1) is 8.83. The maximum absolute atomic E-state index is 12.0. The van der Waals surface area contributed by atoms with E-state index >= 15 is 0 Å². The van der Waals surface area contributed by atoms with Crippen LogP contribution in [0.5, 0.6) is 0 Å². The smallest absolute Gasteiger partial charge is 0.256 e. The van der Waals surface area contributed by atoms with Crippen LogP contribution in [0.25, 0.3) is 10.9 Å². The molecular formula is C13H10N4O. The molecule has 18 heavy (non-hydrogen) atoms. The van der Waals surface area contributed by atoms with Crippen LogP contribution in [-0.4, -0.2) is 20.9 Å².